The molecule has 0 saturated carbocycles. The zero-order valence-corrected chi connectivity index (χ0v) is 9.65. The summed E-state index contributed by atoms with van der Waals surface area (Å²) in [6, 6.07) is 3.60. The first-order chi connectivity index (χ1) is 7.81. The lowest BCUT2D eigenvalue weighted by molar-refractivity contribution is 0.174. The van der Waals surface area contributed by atoms with Crippen LogP contribution in [0.3, 0.4) is 0 Å². The minimum atomic E-state index is -0.607. The van der Waals surface area contributed by atoms with Crippen LogP contribution in [0.25, 0.3) is 0 Å². The molecular formula is C11H12N2O2S. The molecule has 0 aliphatic rings. The van der Waals surface area contributed by atoms with Crippen molar-refractivity contribution in [3.63, 3.8) is 0 Å². The molecule has 1 N–H and O–H groups in total. The Balaban J connectivity index is 2.17. The highest BCUT2D eigenvalue weighted by molar-refractivity contribution is 7.09. The van der Waals surface area contributed by atoms with Gasteiger partial charge in [0.15, 0.2) is 0 Å². The second-order valence-corrected chi connectivity index (χ2v) is 4.26. The van der Waals surface area contributed by atoms with E-state index in [0.29, 0.717) is 17.9 Å². The van der Waals surface area contributed by atoms with Gasteiger partial charge in [0.25, 0.3) is 0 Å². The van der Waals surface area contributed by atoms with E-state index >= 15 is 0 Å². The second kappa shape index (κ2) is 5.05. The molecule has 0 bridgehead atoms. The molecule has 0 saturated heterocycles. The smallest absolute Gasteiger partial charge is 0.218 e. The second-order valence-electron chi connectivity index (χ2n) is 3.29. The van der Waals surface area contributed by atoms with Gasteiger partial charge in [0.05, 0.1) is 18.7 Å². The van der Waals surface area contributed by atoms with Gasteiger partial charge < -0.3 is 9.84 Å². The van der Waals surface area contributed by atoms with Gasteiger partial charge in [0.1, 0.15) is 0 Å². The van der Waals surface area contributed by atoms with Crippen LogP contribution in [0.5, 0.6) is 5.88 Å². The number of rotatable bonds is 4. The molecule has 2 heterocycles. The predicted molar refractivity (Wildman–Crippen MR) is 61.6 cm³/mol. The van der Waals surface area contributed by atoms with Crippen LogP contribution in [0, 0.1) is 0 Å². The average Bonchev–Trinajstić information content (AvgIpc) is 2.81. The summed E-state index contributed by atoms with van der Waals surface area (Å²) >= 11 is 1.53. The van der Waals surface area contributed by atoms with Crippen LogP contribution in [-0.2, 0) is 6.42 Å². The van der Waals surface area contributed by atoms with Gasteiger partial charge in [-0.15, -0.1) is 11.3 Å². The summed E-state index contributed by atoms with van der Waals surface area (Å²) in [4.78, 5) is 9.07. The fourth-order valence-corrected chi connectivity index (χ4v) is 2.10. The first kappa shape index (κ1) is 11.0. The van der Waals surface area contributed by atoms with E-state index in [1.807, 2.05) is 6.07 Å². The maximum atomic E-state index is 10.1. The van der Waals surface area contributed by atoms with Gasteiger partial charge in [0.2, 0.25) is 5.88 Å². The highest BCUT2D eigenvalue weighted by Gasteiger charge is 2.14. The first-order valence-corrected chi connectivity index (χ1v) is 5.73. The van der Waals surface area contributed by atoms with Crippen molar-refractivity contribution in [3.05, 3.63) is 40.5 Å². The van der Waals surface area contributed by atoms with Crippen LogP contribution in [0.2, 0.25) is 0 Å². The molecule has 0 spiro atoms. The van der Waals surface area contributed by atoms with Crippen LogP contribution in [0.1, 0.15) is 16.5 Å². The average molecular weight is 236 g/mol. The molecule has 0 aliphatic heterocycles. The lowest BCUT2D eigenvalue weighted by Crippen LogP contribution is -2.04. The first-order valence-electron chi connectivity index (χ1n) is 4.85. The molecule has 2 aromatic rings. The predicted octanol–water partition coefficient (Wildman–Crippen LogP) is 1.82. The number of nitrogens with zero attached hydrogens (tertiary/aromatic N) is 2. The van der Waals surface area contributed by atoms with Gasteiger partial charge in [-0.3, -0.25) is 4.98 Å². The molecule has 84 valence electrons. The molecule has 5 heteroatoms. The number of aliphatic hydroxyl groups excluding tert-OH is 1. The molecule has 0 aromatic carbocycles. The van der Waals surface area contributed by atoms with Gasteiger partial charge in [-0.25, -0.2) is 4.98 Å². The third kappa shape index (κ3) is 2.37. The van der Waals surface area contributed by atoms with Crippen molar-refractivity contribution in [1.82, 2.24) is 9.97 Å². The molecular weight excluding hydrogens is 224 g/mol. The Hall–Kier alpha value is -1.46. The van der Waals surface area contributed by atoms with E-state index in [-0.39, 0.29) is 0 Å². The van der Waals surface area contributed by atoms with Crippen molar-refractivity contribution >= 4 is 11.3 Å². The number of ether oxygens (including phenoxy) is 1. The lowest BCUT2D eigenvalue weighted by Gasteiger charge is -2.12. The Bertz CT molecular complexity index is 445. The molecule has 2 rings (SSSR count). The van der Waals surface area contributed by atoms with Crippen molar-refractivity contribution in [1.29, 1.82) is 0 Å². The molecule has 0 aliphatic carbocycles. The highest BCUT2D eigenvalue weighted by atomic mass is 32.1. The van der Waals surface area contributed by atoms with Crippen LogP contribution in [0.4, 0.5) is 0 Å². The number of pyridine rings is 1. The molecule has 0 radical (unpaired) electrons. The number of hydrogen-bond acceptors (Lipinski definition) is 5. The summed E-state index contributed by atoms with van der Waals surface area (Å²) in [6.07, 6.45) is 3.33. The maximum Gasteiger partial charge on any atom is 0.218 e. The van der Waals surface area contributed by atoms with Crippen molar-refractivity contribution in [2.45, 2.75) is 12.5 Å². The fourth-order valence-electron chi connectivity index (χ4n) is 1.47. The summed E-state index contributed by atoms with van der Waals surface area (Å²) in [5.74, 6) is 0.472. The van der Waals surface area contributed by atoms with E-state index in [9.17, 15) is 5.11 Å². The third-order valence-electron chi connectivity index (χ3n) is 2.23. The minimum Gasteiger partial charge on any atom is -0.481 e. The summed E-state index contributed by atoms with van der Waals surface area (Å²) < 4.78 is 5.10. The van der Waals surface area contributed by atoms with Crippen molar-refractivity contribution in [3.8, 4) is 5.88 Å². The summed E-state index contributed by atoms with van der Waals surface area (Å²) in [5.41, 5.74) is 2.46. The van der Waals surface area contributed by atoms with Crippen molar-refractivity contribution in [2.75, 3.05) is 7.11 Å². The summed E-state index contributed by atoms with van der Waals surface area (Å²) in [5, 5.41) is 10.1. The topological polar surface area (TPSA) is 55.2 Å². The van der Waals surface area contributed by atoms with Gasteiger partial charge in [-0.1, -0.05) is 0 Å². The summed E-state index contributed by atoms with van der Waals surface area (Å²) in [6.45, 7) is 0. The quantitative estimate of drug-likeness (QED) is 0.879. The third-order valence-corrected chi connectivity index (χ3v) is 3.03. The van der Waals surface area contributed by atoms with E-state index in [1.165, 1.54) is 11.3 Å². The molecule has 2 aromatic heterocycles. The Kier molecular flexibility index (Phi) is 3.48. The van der Waals surface area contributed by atoms with E-state index in [1.54, 1.807) is 31.1 Å². The molecule has 1 atom stereocenters. The molecule has 0 amide bonds. The van der Waals surface area contributed by atoms with Crippen LogP contribution in [0.15, 0.2) is 30.0 Å². The number of aromatic nitrogens is 2. The molecule has 0 fully saturated rings. The van der Waals surface area contributed by atoms with E-state index in [4.69, 9.17) is 4.74 Å². The van der Waals surface area contributed by atoms with Gasteiger partial charge >= 0.3 is 0 Å². The Morgan fingerprint density at radius 1 is 1.56 bits per heavy atom. The van der Waals surface area contributed by atoms with Crippen molar-refractivity contribution < 1.29 is 9.84 Å². The van der Waals surface area contributed by atoms with Crippen LogP contribution in [-0.4, -0.2) is 22.2 Å². The summed E-state index contributed by atoms with van der Waals surface area (Å²) in [7, 11) is 1.55. The number of methoxy groups -OCH3 is 1. The Morgan fingerprint density at radius 3 is 3.12 bits per heavy atom. The standard InChI is InChI=1S/C11H12N2O2S/c1-15-11-9(3-2-4-13-11)10(14)5-8-6-12-7-16-8/h2-4,6-7,10,14H,5H2,1H3. The number of hydrogen-bond donors (Lipinski definition) is 1. The fraction of sp³-hybridized carbons (Fsp3) is 0.273. The van der Waals surface area contributed by atoms with E-state index in [0.717, 1.165) is 4.88 Å². The largest absolute Gasteiger partial charge is 0.481 e. The van der Waals surface area contributed by atoms with E-state index < -0.39 is 6.10 Å². The lowest BCUT2D eigenvalue weighted by atomic mass is 10.1. The minimum absolute atomic E-state index is 0.472. The number of thiazole rings is 1. The highest BCUT2D eigenvalue weighted by Crippen LogP contribution is 2.26. The zero-order chi connectivity index (χ0) is 11.4. The molecule has 1 unspecified atom stereocenters. The van der Waals surface area contributed by atoms with Crippen molar-refractivity contribution in [2.24, 2.45) is 0 Å². The Morgan fingerprint density at radius 2 is 2.44 bits per heavy atom. The SMILES string of the molecule is COc1ncccc1C(O)Cc1cncs1. The number of aliphatic hydroxyl groups is 1. The maximum absolute atomic E-state index is 10.1. The Labute approximate surface area is 97.6 Å². The molecule has 16 heavy (non-hydrogen) atoms. The monoisotopic (exact) mass is 236 g/mol. The van der Waals surface area contributed by atoms with Crippen LogP contribution >= 0.6 is 11.3 Å². The van der Waals surface area contributed by atoms with Crippen LogP contribution < -0.4 is 4.74 Å². The van der Waals surface area contributed by atoms with Gasteiger partial charge in [-0.2, -0.15) is 0 Å². The van der Waals surface area contributed by atoms with Gasteiger partial charge in [-0.05, 0) is 12.1 Å². The van der Waals surface area contributed by atoms with Gasteiger partial charge in [0, 0.05) is 29.3 Å². The zero-order valence-electron chi connectivity index (χ0n) is 8.83. The van der Waals surface area contributed by atoms with E-state index in [2.05, 4.69) is 9.97 Å². The normalized spacial score (nSPS) is 12.4. The molecule has 4 nitrogen and oxygen atoms in total.